The monoisotopic (exact) mass is 351 g/mol. The molecule has 0 saturated heterocycles. The van der Waals surface area contributed by atoms with Crippen LogP contribution in [0.4, 0.5) is 0 Å². The van der Waals surface area contributed by atoms with Crippen LogP contribution in [0.3, 0.4) is 0 Å². The number of aliphatic hydroxyl groups is 1. The molecule has 3 nitrogen and oxygen atoms in total. The lowest BCUT2D eigenvalue weighted by Crippen LogP contribution is -2.36. The second-order valence-corrected chi connectivity index (χ2v) is 6.08. The Hall–Kier alpha value is -1.55. The maximum Gasteiger partial charge on any atom is 0.227 e. The van der Waals surface area contributed by atoms with Crippen LogP contribution < -0.4 is 0 Å². The van der Waals surface area contributed by atoms with E-state index in [0.717, 1.165) is 17.5 Å². The summed E-state index contributed by atoms with van der Waals surface area (Å²) < 4.78 is 0. The van der Waals surface area contributed by atoms with E-state index in [-0.39, 0.29) is 18.9 Å². The fourth-order valence-electron chi connectivity index (χ4n) is 2.33. The fraction of sp³-hybridized carbons (Fsp3) is 0.278. The molecule has 0 fully saturated rings. The normalized spacial score (nSPS) is 10.6. The number of aliphatic hydroxyl groups excluding tert-OH is 1. The minimum Gasteiger partial charge on any atom is -0.395 e. The van der Waals surface area contributed by atoms with Gasteiger partial charge < -0.3 is 10.0 Å². The van der Waals surface area contributed by atoms with Crippen LogP contribution in [0.25, 0.3) is 0 Å². The molecule has 0 aromatic heterocycles. The third-order valence-electron chi connectivity index (χ3n) is 3.58. The van der Waals surface area contributed by atoms with Crippen LogP contribution in [0, 0.1) is 0 Å². The maximum absolute atomic E-state index is 12.5. The Labute approximate surface area is 146 Å². The lowest BCUT2D eigenvalue weighted by Gasteiger charge is -2.22. The Morgan fingerprint density at radius 3 is 2.35 bits per heavy atom. The first-order valence-electron chi connectivity index (χ1n) is 7.46. The van der Waals surface area contributed by atoms with E-state index < -0.39 is 0 Å². The molecule has 0 aliphatic rings. The van der Waals surface area contributed by atoms with E-state index in [9.17, 15) is 9.90 Å². The summed E-state index contributed by atoms with van der Waals surface area (Å²) >= 11 is 11.9. The van der Waals surface area contributed by atoms with Crippen LogP contribution in [-0.2, 0) is 17.6 Å². The Morgan fingerprint density at radius 1 is 0.957 bits per heavy atom. The van der Waals surface area contributed by atoms with Crippen LogP contribution in [0.5, 0.6) is 0 Å². The van der Waals surface area contributed by atoms with Crippen molar-refractivity contribution in [2.45, 2.75) is 12.8 Å². The van der Waals surface area contributed by atoms with E-state index in [1.165, 1.54) is 0 Å². The molecule has 23 heavy (non-hydrogen) atoms. The summed E-state index contributed by atoms with van der Waals surface area (Å²) in [6.07, 6.45) is 1.000. The summed E-state index contributed by atoms with van der Waals surface area (Å²) in [5, 5.41) is 10.1. The molecule has 0 radical (unpaired) electrons. The zero-order chi connectivity index (χ0) is 16.7. The third kappa shape index (κ3) is 5.54. The van der Waals surface area contributed by atoms with Crippen molar-refractivity contribution < 1.29 is 9.90 Å². The lowest BCUT2D eigenvalue weighted by atomic mass is 10.1. The molecule has 0 atom stereocenters. The zero-order valence-electron chi connectivity index (χ0n) is 12.7. The molecular weight excluding hydrogens is 333 g/mol. The zero-order valence-corrected chi connectivity index (χ0v) is 14.2. The summed E-state index contributed by atoms with van der Waals surface area (Å²) in [6.45, 7) is 0.847. The van der Waals surface area contributed by atoms with Crippen molar-refractivity contribution >= 4 is 29.1 Å². The molecule has 1 N–H and O–H groups in total. The standard InChI is InChI=1S/C18H19Cl2NO2/c19-16-7-6-15(12-17(16)20)13-18(23)21(10-11-22)9-8-14-4-2-1-3-5-14/h1-7,12,22H,8-11,13H2. The van der Waals surface area contributed by atoms with Crippen LogP contribution in [-0.4, -0.2) is 35.6 Å². The van der Waals surface area contributed by atoms with Crippen LogP contribution in [0.2, 0.25) is 10.0 Å². The number of benzene rings is 2. The predicted octanol–water partition coefficient (Wildman–Crippen LogP) is 3.60. The first-order valence-corrected chi connectivity index (χ1v) is 8.22. The molecule has 122 valence electrons. The minimum absolute atomic E-state index is 0.0339. The number of nitrogens with zero attached hydrogens (tertiary/aromatic N) is 1. The van der Waals surface area contributed by atoms with Crippen molar-refractivity contribution in [3.63, 3.8) is 0 Å². The SMILES string of the molecule is O=C(Cc1ccc(Cl)c(Cl)c1)N(CCO)CCc1ccccc1. The number of rotatable bonds is 7. The van der Waals surface area contributed by atoms with E-state index >= 15 is 0 Å². The van der Waals surface area contributed by atoms with Gasteiger partial charge in [-0.1, -0.05) is 59.6 Å². The van der Waals surface area contributed by atoms with Crippen molar-refractivity contribution in [3.8, 4) is 0 Å². The summed E-state index contributed by atoms with van der Waals surface area (Å²) in [5.74, 6) is -0.0339. The van der Waals surface area contributed by atoms with Gasteiger partial charge in [-0.25, -0.2) is 0 Å². The van der Waals surface area contributed by atoms with E-state index in [4.69, 9.17) is 23.2 Å². The molecule has 0 unspecified atom stereocenters. The number of hydrogen-bond donors (Lipinski definition) is 1. The molecule has 0 aliphatic heterocycles. The van der Waals surface area contributed by atoms with Gasteiger partial charge in [0.15, 0.2) is 0 Å². The average Bonchev–Trinajstić information content (AvgIpc) is 2.55. The van der Waals surface area contributed by atoms with Crippen molar-refractivity contribution in [2.24, 2.45) is 0 Å². The second-order valence-electron chi connectivity index (χ2n) is 5.27. The molecule has 2 aromatic carbocycles. The Bertz CT molecular complexity index is 647. The largest absolute Gasteiger partial charge is 0.395 e. The molecule has 5 heteroatoms. The number of hydrogen-bond acceptors (Lipinski definition) is 2. The molecule has 0 spiro atoms. The highest BCUT2D eigenvalue weighted by Crippen LogP contribution is 2.23. The molecule has 2 aromatic rings. The predicted molar refractivity (Wildman–Crippen MR) is 94.0 cm³/mol. The number of carbonyl (C=O) groups is 1. The molecule has 0 saturated carbocycles. The highest BCUT2D eigenvalue weighted by atomic mass is 35.5. The summed E-state index contributed by atoms with van der Waals surface area (Å²) in [5.41, 5.74) is 1.98. The Morgan fingerprint density at radius 2 is 1.70 bits per heavy atom. The van der Waals surface area contributed by atoms with Crippen molar-refractivity contribution in [1.82, 2.24) is 4.90 Å². The first kappa shape index (κ1) is 17.8. The van der Waals surface area contributed by atoms with Crippen molar-refractivity contribution in [1.29, 1.82) is 0 Å². The molecule has 0 aliphatic carbocycles. The lowest BCUT2D eigenvalue weighted by molar-refractivity contribution is -0.131. The molecule has 0 bridgehead atoms. The summed E-state index contributed by atoms with van der Waals surface area (Å²) in [7, 11) is 0. The highest BCUT2D eigenvalue weighted by Gasteiger charge is 2.14. The fourth-order valence-corrected chi connectivity index (χ4v) is 2.65. The van der Waals surface area contributed by atoms with Gasteiger partial charge in [0.05, 0.1) is 23.1 Å². The van der Waals surface area contributed by atoms with Gasteiger partial charge in [0.1, 0.15) is 0 Å². The molecular formula is C18H19Cl2NO2. The minimum atomic E-state index is -0.0537. The van der Waals surface area contributed by atoms with Gasteiger partial charge in [-0.05, 0) is 29.7 Å². The molecule has 2 rings (SSSR count). The highest BCUT2D eigenvalue weighted by molar-refractivity contribution is 6.42. The van der Waals surface area contributed by atoms with Gasteiger partial charge in [-0.15, -0.1) is 0 Å². The quantitative estimate of drug-likeness (QED) is 0.827. The van der Waals surface area contributed by atoms with E-state index in [1.807, 2.05) is 30.3 Å². The number of amides is 1. The Balaban J connectivity index is 1.98. The van der Waals surface area contributed by atoms with Gasteiger partial charge in [0, 0.05) is 13.1 Å². The smallest absolute Gasteiger partial charge is 0.227 e. The first-order chi connectivity index (χ1) is 11.1. The average molecular weight is 352 g/mol. The summed E-state index contributed by atoms with van der Waals surface area (Å²) in [4.78, 5) is 14.1. The molecule has 0 heterocycles. The van der Waals surface area contributed by atoms with Crippen molar-refractivity contribution in [2.75, 3.05) is 19.7 Å². The van der Waals surface area contributed by atoms with Gasteiger partial charge >= 0.3 is 0 Å². The van der Waals surface area contributed by atoms with Crippen molar-refractivity contribution in [3.05, 3.63) is 69.7 Å². The van der Waals surface area contributed by atoms with E-state index in [1.54, 1.807) is 23.1 Å². The van der Waals surface area contributed by atoms with Gasteiger partial charge in [-0.3, -0.25) is 4.79 Å². The van der Waals surface area contributed by atoms with Crippen LogP contribution >= 0.6 is 23.2 Å². The van der Waals surface area contributed by atoms with Gasteiger partial charge in [-0.2, -0.15) is 0 Å². The third-order valence-corrected chi connectivity index (χ3v) is 4.31. The maximum atomic E-state index is 12.5. The number of halogens is 2. The van der Waals surface area contributed by atoms with E-state index in [2.05, 4.69) is 0 Å². The topological polar surface area (TPSA) is 40.5 Å². The van der Waals surface area contributed by atoms with E-state index in [0.29, 0.717) is 23.1 Å². The number of carbonyl (C=O) groups excluding carboxylic acids is 1. The second kappa shape index (κ2) is 8.92. The van der Waals surface area contributed by atoms with Gasteiger partial charge in [0.25, 0.3) is 0 Å². The van der Waals surface area contributed by atoms with Gasteiger partial charge in [0.2, 0.25) is 5.91 Å². The van der Waals surface area contributed by atoms with Crippen LogP contribution in [0.1, 0.15) is 11.1 Å². The Kier molecular flexibility index (Phi) is 6.90. The van der Waals surface area contributed by atoms with Crippen LogP contribution in [0.15, 0.2) is 48.5 Å². The summed E-state index contributed by atoms with van der Waals surface area (Å²) in [6, 6.07) is 15.2. The molecule has 1 amide bonds.